The van der Waals surface area contributed by atoms with Gasteiger partial charge in [-0.15, -0.1) is 0 Å². The first kappa shape index (κ1) is 16.2. The van der Waals surface area contributed by atoms with Gasteiger partial charge in [-0.05, 0) is 31.7 Å². The van der Waals surface area contributed by atoms with Crippen molar-refractivity contribution in [3.63, 3.8) is 0 Å². The third-order valence-corrected chi connectivity index (χ3v) is 4.59. The number of nitrogens with one attached hydrogen (secondary N) is 1. The second-order valence-corrected chi connectivity index (χ2v) is 6.32. The highest BCUT2D eigenvalue weighted by Crippen LogP contribution is 2.22. The van der Waals surface area contributed by atoms with E-state index in [0.29, 0.717) is 5.56 Å². The molecule has 0 fully saturated rings. The number of amides is 1. The van der Waals surface area contributed by atoms with Crippen molar-refractivity contribution in [1.82, 2.24) is 15.1 Å². The molecule has 2 heterocycles. The molecule has 126 valence electrons. The van der Waals surface area contributed by atoms with E-state index in [4.69, 9.17) is 0 Å². The normalized spacial score (nSPS) is 16.0. The molecule has 0 bridgehead atoms. The van der Waals surface area contributed by atoms with Crippen LogP contribution in [0.3, 0.4) is 0 Å². The molecular weight excluding hydrogens is 306 g/mol. The van der Waals surface area contributed by atoms with Crippen molar-refractivity contribution in [3.05, 3.63) is 53.3 Å². The maximum Gasteiger partial charge on any atom is 0.333 e. The van der Waals surface area contributed by atoms with Crippen molar-refractivity contribution in [2.45, 2.75) is 44.7 Å². The smallest absolute Gasteiger partial charge is 0.333 e. The molecular formula is C18H21N3O3. The highest BCUT2D eigenvalue weighted by molar-refractivity contribution is 5.88. The Kier molecular flexibility index (Phi) is 4.38. The molecule has 1 amide bonds. The number of carbonyl (C=O) groups excluding carboxylic acids is 1. The van der Waals surface area contributed by atoms with Crippen molar-refractivity contribution < 1.29 is 14.7 Å². The molecule has 0 aliphatic carbocycles. The quantitative estimate of drug-likeness (QED) is 0.878. The number of benzene rings is 1. The summed E-state index contributed by atoms with van der Waals surface area (Å²) in [6, 6.07) is 8.74. The number of nitrogens with zero attached hydrogens (tertiary/aromatic N) is 2. The summed E-state index contributed by atoms with van der Waals surface area (Å²) in [5.74, 6) is -1.40. The van der Waals surface area contributed by atoms with E-state index < -0.39 is 11.5 Å². The Morgan fingerprint density at radius 3 is 2.75 bits per heavy atom. The lowest BCUT2D eigenvalue weighted by atomic mass is 9.91. The second-order valence-electron chi connectivity index (χ2n) is 6.32. The number of hydrogen-bond donors (Lipinski definition) is 2. The van der Waals surface area contributed by atoms with Crippen LogP contribution in [0.5, 0.6) is 0 Å². The first-order valence-corrected chi connectivity index (χ1v) is 8.14. The summed E-state index contributed by atoms with van der Waals surface area (Å²) in [5, 5.41) is 16.6. The van der Waals surface area contributed by atoms with Crippen molar-refractivity contribution in [1.29, 1.82) is 0 Å². The first-order chi connectivity index (χ1) is 11.5. The predicted molar refractivity (Wildman–Crippen MR) is 88.4 cm³/mol. The molecule has 1 aromatic carbocycles. The van der Waals surface area contributed by atoms with Gasteiger partial charge in [0.15, 0.2) is 5.54 Å². The van der Waals surface area contributed by atoms with Crippen LogP contribution in [0, 0.1) is 0 Å². The average molecular weight is 327 g/mol. The Morgan fingerprint density at radius 1 is 1.29 bits per heavy atom. The second kappa shape index (κ2) is 6.47. The van der Waals surface area contributed by atoms with Gasteiger partial charge in [0.1, 0.15) is 0 Å². The molecule has 1 atom stereocenters. The van der Waals surface area contributed by atoms with Gasteiger partial charge >= 0.3 is 5.97 Å². The van der Waals surface area contributed by atoms with E-state index in [1.54, 1.807) is 30.5 Å². The standard InChI is InChI=1S/C18H21N3O3/c1-18(17(23)24,14-7-3-2-4-8-14)20-16(22)11-13-12-19-21-10-6-5-9-15(13)21/h2-4,7-8,12H,5-6,9-11H2,1H3,(H,20,22)(H,23,24). The number of aromatic nitrogens is 2. The van der Waals surface area contributed by atoms with Crippen molar-refractivity contribution in [2.24, 2.45) is 0 Å². The largest absolute Gasteiger partial charge is 0.479 e. The van der Waals surface area contributed by atoms with Gasteiger partial charge < -0.3 is 10.4 Å². The molecule has 1 aromatic heterocycles. The fourth-order valence-corrected chi connectivity index (χ4v) is 3.15. The van der Waals surface area contributed by atoms with Crippen LogP contribution in [0.25, 0.3) is 0 Å². The minimum Gasteiger partial charge on any atom is -0.479 e. The van der Waals surface area contributed by atoms with Crippen LogP contribution in [0.4, 0.5) is 0 Å². The molecule has 1 aliphatic rings. The maximum absolute atomic E-state index is 12.5. The SMILES string of the molecule is CC(NC(=O)Cc1cnn2c1CCCC2)(C(=O)O)c1ccccc1. The molecule has 0 radical (unpaired) electrons. The number of fused-ring (bicyclic) bond motifs is 1. The van der Waals surface area contributed by atoms with E-state index in [1.165, 1.54) is 6.92 Å². The lowest BCUT2D eigenvalue weighted by Gasteiger charge is -2.27. The Hall–Kier alpha value is -2.63. The van der Waals surface area contributed by atoms with Crippen LogP contribution < -0.4 is 5.32 Å². The van der Waals surface area contributed by atoms with Gasteiger partial charge in [0.05, 0.1) is 12.6 Å². The summed E-state index contributed by atoms with van der Waals surface area (Å²) in [6.45, 7) is 2.39. The summed E-state index contributed by atoms with van der Waals surface area (Å²) < 4.78 is 1.94. The fraction of sp³-hybridized carbons (Fsp3) is 0.389. The van der Waals surface area contributed by atoms with Crippen LogP contribution in [-0.2, 0) is 34.5 Å². The van der Waals surface area contributed by atoms with Gasteiger partial charge in [0, 0.05) is 17.8 Å². The van der Waals surface area contributed by atoms with E-state index in [2.05, 4.69) is 10.4 Å². The molecule has 0 saturated carbocycles. The van der Waals surface area contributed by atoms with Gasteiger partial charge in [-0.3, -0.25) is 9.48 Å². The molecule has 0 spiro atoms. The number of rotatable bonds is 5. The zero-order valence-electron chi connectivity index (χ0n) is 13.7. The molecule has 24 heavy (non-hydrogen) atoms. The number of aliphatic carboxylic acids is 1. The number of carbonyl (C=O) groups is 2. The lowest BCUT2D eigenvalue weighted by molar-refractivity contribution is -0.147. The molecule has 1 aliphatic heterocycles. The fourth-order valence-electron chi connectivity index (χ4n) is 3.15. The summed E-state index contributed by atoms with van der Waals surface area (Å²) in [4.78, 5) is 24.2. The number of aryl methyl sites for hydroxylation is 1. The minimum atomic E-state index is -1.45. The van der Waals surface area contributed by atoms with Crippen molar-refractivity contribution in [2.75, 3.05) is 0 Å². The van der Waals surface area contributed by atoms with Crippen LogP contribution >= 0.6 is 0 Å². The zero-order valence-corrected chi connectivity index (χ0v) is 13.7. The van der Waals surface area contributed by atoms with Gasteiger partial charge in [0.25, 0.3) is 0 Å². The molecule has 0 saturated heterocycles. The Bertz CT molecular complexity index is 754. The lowest BCUT2D eigenvalue weighted by Crippen LogP contribution is -2.50. The molecule has 2 N–H and O–H groups in total. The third-order valence-electron chi connectivity index (χ3n) is 4.59. The molecule has 6 nitrogen and oxygen atoms in total. The first-order valence-electron chi connectivity index (χ1n) is 8.14. The van der Waals surface area contributed by atoms with Gasteiger partial charge in [-0.2, -0.15) is 5.10 Å². The average Bonchev–Trinajstić information content (AvgIpc) is 2.98. The Balaban J connectivity index is 1.77. The van der Waals surface area contributed by atoms with E-state index in [1.807, 2.05) is 10.7 Å². The minimum absolute atomic E-state index is 0.144. The van der Waals surface area contributed by atoms with Crippen LogP contribution in [0.1, 0.15) is 36.6 Å². The summed E-state index contributed by atoms with van der Waals surface area (Å²) in [7, 11) is 0. The third kappa shape index (κ3) is 3.04. The monoisotopic (exact) mass is 327 g/mol. The molecule has 3 rings (SSSR count). The summed E-state index contributed by atoms with van der Waals surface area (Å²) >= 11 is 0. The summed E-state index contributed by atoms with van der Waals surface area (Å²) in [6.07, 6.45) is 4.98. The topological polar surface area (TPSA) is 84.2 Å². The highest BCUT2D eigenvalue weighted by atomic mass is 16.4. The maximum atomic E-state index is 12.5. The van der Waals surface area contributed by atoms with Gasteiger partial charge in [-0.25, -0.2) is 4.79 Å². The van der Waals surface area contributed by atoms with Gasteiger partial charge in [-0.1, -0.05) is 30.3 Å². The highest BCUT2D eigenvalue weighted by Gasteiger charge is 2.36. The summed E-state index contributed by atoms with van der Waals surface area (Å²) in [5.41, 5.74) is 1.06. The van der Waals surface area contributed by atoms with Crippen LogP contribution in [-0.4, -0.2) is 26.8 Å². The molecule has 1 unspecified atom stereocenters. The Labute approximate surface area is 140 Å². The zero-order chi connectivity index (χ0) is 17.2. The van der Waals surface area contributed by atoms with Crippen LogP contribution in [0.15, 0.2) is 36.5 Å². The van der Waals surface area contributed by atoms with E-state index >= 15 is 0 Å². The van der Waals surface area contributed by atoms with Gasteiger partial charge in [0.2, 0.25) is 5.91 Å². The van der Waals surface area contributed by atoms with E-state index in [0.717, 1.165) is 37.1 Å². The van der Waals surface area contributed by atoms with E-state index in [9.17, 15) is 14.7 Å². The van der Waals surface area contributed by atoms with Crippen LogP contribution in [0.2, 0.25) is 0 Å². The Morgan fingerprint density at radius 2 is 2.04 bits per heavy atom. The molecule has 6 heteroatoms. The van der Waals surface area contributed by atoms with Crippen molar-refractivity contribution in [3.8, 4) is 0 Å². The number of carboxylic acids is 1. The number of hydrogen-bond acceptors (Lipinski definition) is 3. The molecule has 2 aromatic rings. The number of carboxylic acid groups (broad SMARTS) is 1. The van der Waals surface area contributed by atoms with E-state index in [-0.39, 0.29) is 12.3 Å². The predicted octanol–water partition coefficient (Wildman–Crippen LogP) is 1.88. The van der Waals surface area contributed by atoms with Crippen molar-refractivity contribution >= 4 is 11.9 Å².